The van der Waals surface area contributed by atoms with E-state index in [1.54, 1.807) is 0 Å². The number of nitrogens with zero attached hydrogens (tertiary/aromatic N) is 3. The summed E-state index contributed by atoms with van der Waals surface area (Å²) in [4.78, 5) is 6.97. The molecule has 0 saturated carbocycles. The standard InChI is InChI=1S/C16H26N4/c1-6-13(17)16-18-14-9-11(2)12(3)10-15(14)20(16)8-7-19(4)5/h9-10,13H,6-8,17H2,1-5H3. The van der Waals surface area contributed by atoms with Crippen LogP contribution in [0.4, 0.5) is 0 Å². The molecule has 0 aliphatic rings. The predicted molar refractivity (Wildman–Crippen MR) is 85.0 cm³/mol. The lowest BCUT2D eigenvalue weighted by atomic mass is 10.1. The average Bonchev–Trinajstić information content (AvgIpc) is 2.74. The van der Waals surface area contributed by atoms with Crippen molar-refractivity contribution in [1.29, 1.82) is 0 Å². The van der Waals surface area contributed by atoms with Gasteiger partial charge in [-0.05, 0) is 57.6 Å². The largest absolute Gasteiger partial charge is 0.325 e. The fourth-order valence-electron chi connectivity index (χ4n) is 2.40. The predicted octanol–water partition coefficient (Wildman–Crippen LogP) is 2.62. The van der Waals surface area contributed by atoms with Crippen LogP contribution in [-0.4, -0.2) is 35.1 Å². The highest BCUT2D eigenvalue weighted by atomic mass is 15.1. The van der Waals surface area contributed by atoms with Gasteiger partial charge in [0.25, 0.3) is 0 Å². The van der Waals surface area contributed by atoms with Crippen LogP contribution in [-0.2, 0) is 6.54 Å². The number of likely N-dealkylation sites (N-methyl/N-ethyl adjacent to an activating group) is 1. The molecule has 4 nitrogen and oxygen atoms in total. The smallest absolute Gasteiger partial charge is 0.126 e. The molecule has 0 aliphatic carbocycles. The lowest BCUT2D eigenvalue weighted by molar-refractivity contribution is 0.380. The van der Waals surface area contributed by atoms with E-state index in [9.17, 15) is 0 Å². The summed E-state index contributed by atoms with van der Waals surface area (Å²) in [6, 6.07) is 4.41. The number of imidazole rings is 1. The molecule has 0 fully saturated rings. The molecule has 1 aromatic carbocycles. The average molecular weight is 274 g/mol. The van der Waals surface area contributed by atoms with Gasteiger partial charge in [-0.3, -0.25) is 0 Å². The molecule has 1 atom stereocenters. The van der Waals surface area contributed by atoms with Crippen molar-refractivity contribution >= 4 is 11.0 Å². The summed E-state index contributed by atoms with van der Waals surface area (Å²) in [5.41, 5.74) is 11.1. The molecule has 0 amide bonds. The van der Waals surface area contributed by atoms with Gasteiger partial charge in [0.15, 0.2) is 0 Å². The lowest BCUT2D eigenvalue weighted by Gasteiger charge is -2.16. The van der Waals surface area contributed by atoms with Crippen molar-refractivity contribution in [2.24, 2.45) is 5.73 Å². The van der Waals surface area contributed by atoms with Gasteiger partial charge in [0.05, 0.1) is 17.1 Å². The molecule has 0 radical (unpaired) electrons. The molecule has 20 heavy (non-hydrogen) atoms. The van der Waals surface area contributed by atoms with Crippen LogP contribution >= 0.6 is 0 Å². The Labute approximate surface area is 121 Å². The maximum absolute atomic E-state index is 6.24. The van der Waals surface area contributed by atoms with Gasteiger partial charge in [-0.25, -0.2) is 4.98 Å². The molecule has 110 valence electrons. The molecule has 1 unspecified atom stereocenters. The second kappa shape index (κ2) is 5.94. The van der Waals surface area contributed by atoms with Gasteiger partial charge in [0.2, 0.25) is 0 Å². The van der Waals surface area contributed by atoms with Crippen LogP contribution in [0.25, 0.3) is 11.0 Å². The first-order chi connectivity index (χ1) is 9.43. The third kappa shape index (κ3) is 2.86. The van der Waals surface area contributed by atoms with Crippen molar-refractivity contribution < 1.29 is 0 Å². The SMILES string of the molecule is CCC(N)c1nc2cc(C)c(C)cc2n1CCN(C)C. The van der Waals surface area contributed by atoms with Gasteiger partial charge >= 0.3 is 0 Å². The first kappa shape index (κ1) is 15.0. The monoisotopic (exact) mass is 274 g/mol. The maximum atomic E-state index is 6.24. The first-order valence-electron chi connectivity index (χ1n) is 7.31. The Balaban J connectivity index is 2.55. The molecule has 0 aliphatic heterocycles. The summed E-state index contributed by atoms with van der Waals surface area (Å²) in [7, 11) is 4.18. The van der Waals surface area contributed by atoms with Crippen molar-refractivity contribution in [3.8, 4) is 0 Å². The van der Waals surface area contributed by atoms with E-state index in [1.165, 1.54) is 16.6 Å². The highest BCUT2D eigenvalue weighted by Crippen LogP contribution is 2.24. The van der Waals surface area contributed by atoms with Crippen LogP contribution in [0.15, 0.2) is 12.1 Å². The van der Waals surface area contributed by atoms with Crippen LogP contribution in [0.1, 0.15) is 36.3 Å². The zero-order chi connectivity index (χ0) is 14.9. The molecule has 1 heterocycles. The number of nitrogens with two attached hydrogens (primary N) is 1. The van der Waals surface area contributed by atoms with Gasteiger partial charge in [0, 0.05) is 13.1 Å². The van der Waals surface area contributed by atoms with Crippen LogP contribution in [0.5, 0.6) is 0 Å². The zero-order valence-corrected chi connectivity index (χ0v) is 13.3. The Morgan fingerprint density at radius 1 is 1.25 bits per heavy atom. The van der Waals surface area contributed by atoms with Crippen molar-refractivity contribution in [2.75, 3.05) is 20.6 Å². The Hall–Kier alpha value is -1.39. The summed E-state index contributed by atoms with van der Waals surface area (Å²) in [6.45, 7) is 8.30. The molecule has 0 saturated heterocycles. The number of benzene rings is 1. The third-order valence-electron chi connectivity index (χ3n) is 3.94. The fourth-order valence-corrected chi connectivity index (χ4v) is 2.40. The van der Waals surface area contributed by atoms with Crippen LogP contribution in [0, 0.1) is 13.8 Å². The summed E-state index contributed by atoms with van der Waals surface area (Å²) in [5.74, 6) is 1.01. The van der Waals surface area contributed by atoms with Gasteiger partial charge in [-0.1, -0.05) is 6.92 Å². The van der Waals surface area contributed by atoms with E-state index in [2.05, 4.69) is 56.5 Å². The van der Waals surface area contributed by atoms with Crippen molar-refractivity contribution in [3.05, 3.63) is 29.1 Å². The number of aryl methyl sites for hydroxylation is 2. The first-order valence-corrected chi connectivity index (χ1v) is 7.31. The molecular formula is C16H26N4. The second-order valence-corrected chi connectivity index (χ2v) is 5.86. The normalized spacial score (nSPS) is 13.3. The molecular weight excluding hydrogens is 248 g/mol. The van der Waals surface area contributed by atoms with Crippen LogP contribution < -0.4 is 5.73 Å². The fraction of sp³-hybridized carbons (Fsp3) is 0.562. The van der Waals surface area contributed by atoms with Crippen LogP contribution in [0.2, 0.25) is 0 Å². The van der Waals surface area contributed by atoms with Crippen LogP contribution in [0.3, 0.4) is 0 Å². The molecule has 0 bridgehead atoms. The van der Waals surface area contributed by atoms with E-state index < -0.39 is 0 Å². The van der Waals surface area contributed by atoms with Crippen molar-refractivity contribution in [2.45, 2.75) is 39.8 Å². The summed E-state index contributed by atoms with van der Waals surface area (Å²) in [5, 5.41) is 0. The minimum Gasteiger partial charge on any atom is -0.325 e. The second-order valence-electron chi connectivity index (χ2n) is 5.86. The van der Waals surface area contributed by atoms with E-state index in [4.69, 9.17) is 10.7 Å². The van der Waals surface area contributed by atoms with E-state index in [-0.39, 0.29) is 6.04 Å². The number of hydrogen-bond donors (Lipinski definition) is 1. The number of rotatable bonds is 5. The lowest BCUT2D eigenvalue weighted by Crippen LogP contribution is -2.22. The topological polar surface area (TPSA) is 47.1 Å². The van der Waals surface area contributed by atoms with E-state index in [0.717, 1.165) is 30.9 Å². The van der Waals surface area contributed by atoms with E-state index >= 15 is 0 Å². The summed E-state index contributed by atoms with van der Waals surface area (Å²) in [6.07, 6.45) is 0.906. The molecule has 0 spiro atoms. The highest BCUT2D eigenvalue weighted by molar-refractivity contribution is 5.78. The maximum Gasteiger partial charge on any atom is 0.126 e. The van der Waals surface area contributed by atoms with Gasteiger partial charge in [-0.2, -0.15) is 0 Å². The highest BCUT2D eigenvalue weighted by Gasteiger charge is 2.16. The molecule has 1 aromatic heterocycles. The van der Waals surface area contributed by atoms with E-state index in [0.29, 0.717) is 0 Å². The summed E-state index contributed by atoms with van der Waals surface area (Å²) >= 11 is 0. The summed E-state index contributed by atoms with van der Waals surface area (Å²) < 4.78 is 2.29. The number of aromatic nitrogens is 2. The van der Waals surface area contributed by atoms with Gasteiger partial charge in [-0.15, -0.1) is 0 Å². The Kier molecular flexibility index (Phi) is 4.45. The third-order valence-corrected chi connectivity index (χ3v) is 3.94. The quantitative estimate of drug-likeness (QED) is 0.911. The number of fused-ring (bicyclic) bond motifs is 1. The molecule has 2 aromatic rings. The molecule has 2 rings (SSSR count). The molecule has 2 N–H and O–H groups in total. The van der Waals surface area contributed by atoms with Crippen molar-refractivity contribution in [3.63, 3.8) is 0 Å². The van der Waals surface area contributed by atoms with E-state index in [1.807, 2.05) is 0 Å². The number of hydrogen-bond acceptors (Lipinski definition) is 3. The molecule has 4 heteroatoms. The Morgan fingerprint density at radius 2 is 1.90 bits per heavy atom. The van der Waals surface area contributed by atoms with Crippen molar-refractivity contribution in [1.82, 2.24) is 14.5 Å². The van der Waals surface area contributed by atoms with Gasteiger partial charge in [0.1, 0.15) is 5.82 Å². The Bertz CT molecular complexity index is 598. The van der Waals surface area contributed by atoms with Gasteiger partial charge < -0.3 is 15.2 Å². The minimum absolute atomic E-state index is 0.00479. The Morgan fingerprint density at radius 3 is 2.50 bits per heavy atom. The zero-order valence-electron chi connectivity index (χ0n) is 13.3. The minimum atomic E-state index is 0.00479.